The third-order valence-corrected chi connectivity index (χ3v) is 6.05. The molecular weight excluding hydrogens is 414 g/mol. The molecule has 0 radical (unpaired) electrons. The summed E-state index contributed by atoms with van der Waals surface area (Å²) in [7, 11) is 0. The Kier molecular flexibility index (Phi) is 6.08. The number of nitrogens with zero attached hydrogens (tertiary/aromatic N) is 1. The number of rotatable bonds is 6. The summed E-state index contributed by atoms with van der Waals surface area (Å²) in [5, 5.41) is 5.41. The van der Waals surface area contributed by atoms with Crippen molar-refractivity contribution in [1.29, 1.82) is 0 Å². The van der Waals surface area contributed by atoms with E-state index in [-0.39, 0.29) is 23.1 Å². The van der Waals surface area contributed by atoms with Crippen molar-refractivity contribution in [2.24, 2.45) is 0 Å². The molecule has 1 aliphatic heterocycles. The molecule has 8 heteroatoms. The van der Waals surface area contributed by atoms with Gasteiger partial charge < -0.3 is 20.0 Å². The topological polar surface area (TPSA) is 91.7 Å². The maximum Gasteiger partial charge on any atom is 0.255 e. The lowest BCUT2D eigenvalue weighted by Crippen LogP contribution is -2.27. The van der Waals surface area contributed by atoms with Crippen molar-refractivity contribution in [3.8, 4) is 0 Å². The van der Waals surface area contributed by atoms with Crippen LogP contribution in [0.3, 0.4) is 0 Å². The first-order chi connectivity index (χ1) is 15.0. The van der Waals surface area contributed by atoms with Gasteiger partial charge in [0.15, 0.2) is 0 Å². The van der Waals surface area contributed by atoms with Crippen molar-refractivity contribution >= 4 is 40.9 Å². The van der Waals surface area contributed by atoms with Crippen LogP contribution < -0.4 is 10.6 Å². The van der Waals surface area contributed by atoms with Crippen molar-refractivity contribution in [1.82, 2.24) is 4.90 Å². The Morgan fingerprint density at radius 2 is 1.71 bits per heavy atom. The molecule has 0 saturated carbocycles. The molecule has 0 bridgehead atoms. The largest absolute Gasteiger partial charge is 0.467 e. The Labute approximate surface area is 183 Å². The first kappa shape index (κ1) is 20.7. The molecule has 0 unspecified atom stereocenters. The zero-order valence-electron chi connectivity index (χ0n) is 16.8. The van der Waals surface area contributed by atoms with Gasteiger partial charge in [0.2, 0.25) is 11.8 Å². The second-order valence-corrected chi connectivity index (χ2v) is 8.17. The van der Waals surface area contributed by atoms with Gasteiger partial charge in [-0.15, -0.1) is 11.8 Å². The maximum atomic E-state index is 12.6. The van der Waals surface area contributed by atoms with E-state index in [4.69, 9.17) is 4.42 Å². The first-order valence-corrected chi connectivity index (χ1v) is 10.8. The van der Waals surface area contributed by atoms with Gasteiger partial charge in [0.05, 0.1) is 18.6 Å². The molecule has 1 aliphatic rings. The minimum absolute atomic E-state index is 0.0657. The lowest BCUT2D eigenvalue weighted by molar-refractivity contribution is -0.128. The van der Waals surface area contributed by atoms with Gasteiger partial charge in [-0.25, -0.2) is 0 Å². The summed E-state index contributed by atoms with van der Waals surface area (Å²) in [4.78, 5) is 37.8. The van der Waals surface area contributed by atoms with E-state index in [2.05, 4.69) is 10.6 Å². The number of anilines is 2. The number of hydrogen-bond acceptors (Lipinski definition) is 5. The number of thioether (sulfide) groups is 1. The molecule has 158 valence electrons. The van der Waals surface area contributed by atoms with E-state index < -0.39 is 0 Å². The predicted octanol–water partition coefficient (Wildman–Crippen LogP) is 4.26. The third kappa shape index (κ3) is 4.97. The molecule has 0 spiro atoms. The summed E-state index contributed by atoms with van der Waals surface area (Å²) in [6.07, 6.45) is 1.60. The fraction of sp³-hybridized carbons (Fsp3) is 0.174. The Morgan fingerprint density at radius 3 is 2.32 bits per heavy atom. The zero-order valence-corrected chi connectivity index (χ0v) is 17.6. The summed E-state index contributed by atoms with van der Waals surface area (Å²) in [6, 6.07) is 17.8. The molecule has 3 aromatic rings. The zero-order chi connectivity index (χ0) is 21.8. The molecule has 1 atom stereocenters. The van der Waals surface area contributed by atoms with Crippen LogP contribution in [0.4, 0.5) is 11.4 Å². The summed E-state index contributed by atoms with van der Waals surface area (Å²) in [5.41, 5.74) is 2.77. The average Bonchev–Trinajstić information content (AvgIpc) is 3.40. The Bertz CT molecular complexity index is 1080. The van der Waals surface area contributed by atoms with Crippen LogP contribution in [0.25, 0.3) is 0 Å². The van der Waals surface area contributed by atoms with E-state index in [9.17, 15) is 14.4 Å². The van der Waals surface area contributed by atoms with Gasteiger partial charge in [-0.3, -0.25) is 14.4 Å². The highest BCUT2D eigenvalue weighted by atomic mass is 32.2. The van der Waals surface area contributed by atoms with Gasteiger partial charge in [-0.1, -0.05) is 12.1 Å². The summed E-state index contributed by atoms with van der Waals surface area (Å²) >= 11 is 1.56. The van der Waals surface area contributed by atoms with Crippen LogP contribution in [0.15, 0.2) is 71.3 Å². The number of benzene rings is 2. The van der Waals surface area contributed by atoms with Gasteiger partial charge in [0.25, 0.3) is 5.91 Å². The van der Waals surface area contributed by atoms with E-state index in [0.717, 1.165) is 11.3 Å². The van der Waals surface area contributed by atoms with Crippen LogP contribution >= 0.6 is 11.8 Å². The van der Waals surface area contributed by atoms with Gasteiger partial charge in [-0.2, -0.15) is 0 Å². The lowest BCUT2D eigenvalue weighted by Gasteiger charge is -2.23. The van der Waals surface area contributed by atoms with E-state index in [1.54, 1.807) is 65.4 Å². The van der Waals surface area contributed by atoms with E-state index >= 15 is 0 Å². The first-order valence-electron chi connectivity index (χ1n) is 9.72. The molecule has 7 nitrogen and oxygen atoms in total. The molecule has 3 amide bonds. The van der Waals surface area contributed by atoms with Gasteiger partial charge in [0.1, 0.15) is 11.1 Å². The number of carbonyl (C=O) groups is 3. The molecule has 4 rings (SSSR count). The monoisotopic (exact) mass is 435 g/mol. The fourth-order valence-corrected chi connectivity index (χ4v) is 4.50. The highest BCUT2D eigenvalue weighted by Gasteiger charge is 2.33. The second-order valence-electron chi connectivity index (χ2n) is 7.10. The third-order valence-electron chi connectivity index (χ3n) is 4.80. The SMILES string of the molecule is CC(=O)Nc1ccc(NC(=O)c2ccc([C@H]3SCC(=O)N3Cc3ccco3)cc2)cc1. The number of furan rings is 1. The van der Waals surface area contributed by atoms with Crippen molar-refractivity contribution in [3.05, 3.63) is 83.8 Å². The summed E-state index contributed by atoms with van der Waals surface area (Å²) in [6.45, 7) is 1.86. The smallest absolute Gasteiger partial charge is 0.255 e. The van der Waals surface area contributed by atoms with Gasteiger partial charge in [0, 0.05) is 23.9 Å². The van der Waals surface area contributed by atoms with Crippen LogP contribution in [-0.2, 0) is 16.1 Å². The molecule has 2 aromatic carbocycles. The van der Waals surface area contributed by atoms with E-state index in [1.807, 2.05) is 18.2 Å². The number of amides is 3. The van der Waals surface area contributed by atoms with E-state index in [1.165, 1.54) is 6.92 Å². The minimum Gasteiger partial charge on any atom is -0.467 e. The average molecular weight is 436 g/mol. The van der Waals surface area contributed by atoms with Gasteiger partial charge >= 0.3 is 0 Å². The molecule has 31 heavy (non-hydrogen) atoms. The molecule has 2 N–H and O–H groups in total. The lowest BCUT2D eigenvalue weighted by atomic mass is 10.1. The van der Waals surface area contributed by atoms with Crippen molar-refractivity contribution in [2.45, 2.75) is 18.8 Å². The minimum atomic E-state index is -0.235. The maximum absolute atomic E-state index is 12.6. The standard InChI is InChI=1S/C23H21N3O4S/c1-15(27)24-18-8-10-19(11-9-18)25-22(29)16-4-6-17(7-5-16)23-26(21(28)14-31-23)13-20-3-2-12-30-20/h2-12,23H,13-14H2,1H3,(H,24,27)(H,25,29)/t23-/m1/s1. The quantitative estimate of drug-likeness (QED) is 0.604. The Morgan fingerprint density at radius 1 is 1.03 bits per heavy atom. The normalized spacial score (nSPS) is 15.7. The molecule has 1 fully saturated rings. The van der Waals surface area contributed by atoms with Crippen LogP contribution in [0.2, 0.25) is 0 Å². The van der Waals surface area contributed by atoms with Crippen LogP contribution in [0, 0.1) is 0 Å². The Hall–Kier alpha value is -3.52. The number of carbonyl (C=O) groups excluding carboxylic acids is 3. The van der Waals surface area contributed by atoms with Crippen molar-refractivity contribution < 1.29 is 18.8 Å². The highest BCUT2D eigenvalue weighted by Crippen LogP contribution is 2.39. The Balaban J connectivity index is 1.42. The number of hydrogen-bond donors (Lipinski definition) is 2. The van der Waals surface area contributed by atoms with Gasteiger partial charge in [-0.05, 0) is 54.1 Å². The molecular formula is C23H21N3O4S. The second kappa shape index (κ2) is 9.09. The van der Waals surface area contributed by atoms with E-state index in [0.29, 0.717) is 29.2 Å². The molecule has 1 saturated heterocycles. The summed E-state index contributed by atoms with van der Waals surface area (Å²) < 4.78 is 5.38. The molecule has 0 aliphatic carbocycles. The van der Waals surface area contributed by atoms with Crippen molar-refractivity contribution in [3.63, 3.8) is 0 Å². The predicted molar refractivity (Wildman–Crippen MR) is 120 cm³/mol. The van der Waals surface area contributed by atoms with Crippen molar-refractivity contribution in [2.75, 3.05) is 16.4 Å². The molecule has 2 heterocycles. The highest BCUT2D eigenvalue weighted by molar-refractivity contribution is 8.00. The van der Waals surface area contributed by atoms with Crippen LogP contribution in [-0.4, -0.2) is 28.4 Å². The molecule has 1 aromatic heterocycles. The van der Waals surface area contributed by atoms with Crippen LogP contribution in [0.1, 0.15) is 34.0 Å². The van der Waals surface area contributed by atoms with Crippen LogP contribution in [0.5, 0.6) is 0 Å². The fourth-order valence-electron chi connectivity index (χ4n) is 3.31. The number of nitrogens with one attached hydrogen (secondary N) is 2. The summed E-state index contributed by atoms with van der Waals surface area (Å²) in [5.74, 6) is 0.836.